The van der Waals surface area contributed by atoms with E-state index in [1.165, 1.54) is 0 Å². The van der Waals surface area contributed by atoms with Crippen LogP contribution in [0.15, 0.2) is 0 Å². The fourth-order valence-electron chi connectivity index (χ4n) is 0. The van der Waals surface area contributed by atoms with E-state index in [9.17, 15) is 0 Å². The van der Waals surface area contributed by atoms with Crippen LogP contribution in [0.3, 0.4) is 0 Å². The SMILES string of the molecule is [H-].[H-].[Mg+2].[O]=[Zr].[Zn]. The molecule has 0 saturated carbocycles. The second-order valence-corrected chi connectivity index (χ2v) is 0. The Morgan fingerprint density at radius 3 is 1.50 bits per heavy atom. The third-order valence-electron chi connectivity index (χ3n) is 0. The Labute approximate surface area is 72.1 Å². The molecule has 0 rings (SSSR count). The van der Waals surface area contributed by atoms with Crippen LogP contribution in [0, 0.1) is 0 Å². The molecule has 0 unspecified atom stereocenters. The van der Waals surface area contributed by atoms with Crippen LogP contribution in [-0.4, -0.2) is 23.1 Å². The predicted octanol–water partition coefficient (Wildman–Crippen LogP) is -0.280. The summed E-state index contributed by atoms with van der Waals surface area (Å²) < 4.78 is 8.34. The molecule has 0 atom stereocenters. The summed E-state index contributed by atoms with van der Waals surface area (Å²) in [6.45, 7) is 0. The molecule has 0 amide bonds. The van der Waals surface area contributed by atoms with Gasteiger partial charge in [0.2, 0.25) is 0 Å². The Morgan fingerprint density at radius 2 is 1.50 bits per heavy atom. The van der Waals surface area contributed by atoms with Gasteiger partial charge in [-0.2, -0.15) is 0 Å². The Balaban J connectivity index is -0.000000000833. The largest absolute Gasteiger partial charge is 0 e. The smallest absolute Gasteiger partial charge is 0 e. The van der Waals surface area contributed by atoms with E-state index < -0.39 is 0 Å². The minimum Gasteiger partial charge on any atom is 0 e. The van der Waals surface area contributed by atoms with E-state index in [0.717, 1.165) is 0 Å². The van der Waals surface area contributed by atoms with E-state index in [0.29, 0.717) is 24.7 Å². The minimum atomic E-state index is 0. The molecule has 0 spiro atoms. The van der Waals surface area contributed by atoms with Crippen molar-refractivity contribution in [3.8, 4) is 0 Å². The molecule has 0 aromatic rings. The van der Waals surface area contributed by atoms with Gasteiger partial charge in [-0.1, -0.05) is 0 Å². The fourth-order valence-corrected chi connectivity index (χ4v) is 0. The van der Waals surface area contributed by atoms with Crippen molar-refractivity contribution in [1.29, 1.82) is 0 Å². The summed E-state index contributed by atoms with van der Waals surface area (Å²) in [7, 11) is 0. The molecule has 0 fully saturated rings. The first-order valence-corrected chi connectivity index (χ1v) is 1.21. The molecule has 4 heavy (non-hydrogen) atoms. The van der Waals surface area contributed by atoms with E-state index >= 15 is 0 Å². The third kappa shape index (κ3) is 8.95. The van der Waals surface area contributed by atoms with Gasteiger partial charge >= 0.3 is 50.6 Å². The Hall–Kier alpha value is 2.07. The second kappa shape index (κ2) is 19.6. The van der Waals surface area contributed by atoms with Gasteiger partial charge in [-0.15, -0.1) is 0 Å². The molecule has 0 aliphatic rings. The van der Waals surface area contributed by atoms with Crippen molar-refractivity contribution in [2.75, 3.05) is 0 Å². The number of rotatable bonds is 0. The summed E-state index contributed by atoms with van der Waals surface area (Å²) in [5.41, 5.74) is 0. The van der Waals surface area contributed by atoms with Crippen LogP contribution in [0.4, 0.5) is 0 Å². The Kier molecular flexibility index (Phi) is 81.0. The maximum Gasteiger partial charge on any atom is 0 e. The van der Waals surface area contributed by atoms with Crippen LogP contribution < -0.4 is 0 Å². The fraction of sp³-hybridized carbons (Fsp3) is 0. The average Bonchev–Trinajstić information content (AvgIpc) is 1.00. The number of hydrogen-bond acceptors (Lipinski definition) is 1. The molecule has 0 aliphatic carbocycles. The van der Waals surface area contributed by atoms with Gasteiger partial charge in [-0.3, -0.25) is 0 Å². The molecule has 0 radical (unpaired) electrons. The molecule has 4 heteroatoms. The maximum absolute atomic E-state index is 8.34. The van der Waals surface area contributed by atoms with Crippen molar-refractivity contribution in [2.45, 2.75) is 0 Å². The molecular formula is H2MgOZnZr. The van der Waals surface area contributed by atoms with Gasteiger partial charge in [0, 0.05) is 19.5 Å². The van der Waals surface area contributed by atoms with E-state index in [-0.39, 0.29) is 45.4 Å². The van der Waals surface area contributed by atoms with E-state index in [4.69, 9.17) is 2.81 Å². The summed E-state index contributed by atoms with van der Waals surface area (Å²) in [4.78, 5) is 0. The number of hydrogen-bond donors (Lipinski definition) is 0. The van der Waals surface area contributed by atoms with Crippen LogP contribution in [-0.2, 0) is 47.0 Å². The normalized spacial score (nSPS) is 0.750. The summed E-state index contributed by atoms with van der Waals surface area (Å²) >= 11 is 0.300. The molecule has 0 bridgehead atoms. The van der Waals surface area contributed by atoms with Gasteiger partial charge in [-0.25, -0.2) is 0 Å². The maximum atomic E-state index is 8.34. The zero-order valence-electron chi connectivity index (χ0n) is 4.32. The molecular weight excluding hydrogens is 197 g/mol. The summed E-state index contributed by atoms with van der Waals surface area (Å²) in [5, 5.41) is 0. The van der Waals surface area contributed by atoms with Crippen molar-refractivity contribution < 1.29 is 49.9 Å². The van der Waals surface area contributed by atoms with Crippen LogP contribution in [0.2, 0.25) is 0 Å². The zero-order chi connectivity index (χ0) is 2.00. The summed E-state index contributed by atoms with van der Waals surface area (Å²) in [6, 6.07) is 0. The van der Waals surface area contributed by atoms with Gasteiger partial charge in [0.25, 0.3) is 0 Å². The molecule has 0 aromatic carbocycles. The quantitative estimate of drug-likeness (QED) is 0.490. The topological polar surface area (TPSA) is 17.1 Å². The van der Waals surface area contributed by atoms with Gasteiger partial charge in [0.15, 0.2) is 0 Å². The van der Waals surface area contributed by atoms with E-state index in [1.807, 2.05) is 0 Å². The van der Waals surface area contributed by atoms with Gasteiger partial charge in [-0.05, 0) is 0 Å². The molecule has 16 valence electrons. The molecule has 0 N–H and O–H groups in total. The van der Waals surface area contributed by atoms with E-state index in [1.54, 1.807) is 0 Å². The average molecular weight is 199 g/mol. The van der Waals surface area contributed by atoms with Gasteiger partial charge in [0.1, 0.15) is 0 Å². The predicted molar refractivity (Wildman–Crippen MR) is 8.66 cm³/mol. The van der Waals surface area contributed by atoms with Crippen molar-refractivity contribution in [1.82, 2.24) is 0 Å². The molecule has 1 nitrogen and oxygen atoms in total. The van der Waals surface area contributed by atoms with Crippen molar-refractivity contribution in [3.05, 3.63) is 0 Å². The summed E-state index contributed by atoms with van der Waals surface area (Å²) in [6.07, 6.45) is 0. The standard InChI is InChI=1S/Mg.O.Zn.Zr.2H/q+2;;;;2*-1. The monoisotopic (exact) mass is 196 g/mol. The first kappa shape index (κ1) is 16.6. The van der Waals surface area contributed by atoms with Crippen molar-refractivity contribution in [2.24, 2.45) is 0 Å². The van der Waals surface area contributed by atoms with Crippen molar-refractivity contribution in [3.63, 3.8) is 0 Å². The van der Waals surface area contributed by atoms with Crippen LogP contribution in [0.5, 0.6) is 0 Å². The first-order chi connectivity index (χ1) is 1.00. The van der Waals surface area contributed by atoms with Crippen LogP contribution in [0.25, 0.3) is 0 Å². The molecule has 0 aromatic heterocycles. The van der Waals surface area contributed by atoms with Crippen LogP contribution in [0.1, 0.15) is 2.85 Å². The Bertz CT molecular complexity index is 13.5. The van der Waals surface area contributed by atoms with Crippen molar-refractivity contribution >= 4 is 23.1 Å². The Morgan fingerprint density at radius 1 is 1.50 bits per heavy atom. The summed E-state index contributed by atoms with van der Waals surface area (Å²) in [5.74, 6) is 0. The second-order valence-electron chi connectivity index (χ2n) is 0. The van der Waals surface area contributed by atoms with Crippen LogP contribution >= 0.6 is 0 Å². The van der Waals surface area contributed by atoms with Gasteiger partial charge in [0.05, 0.1) is 0 Å². The zero-order valence-corrected chi connectivity index (χ0v) is 9.16. The molecule has 0 saturated heterocycles. The van der Waals surface area contributed by atoms with Gasteiger partial charge < -0.3 is 2.85 Å². The molecule has 0 heterocycles. The van der Waals surface area contributed by atoms with E-state index in [2.05, 4.69) is 0 Å². The minimum absolute atomic E-state index is 0. The third-order valence-corrected chi connectivity index (χ3v) is 0. The molecule has 0 aliphatic heterocycles. The first-order valence-electron chi connectivity index (χ1n) is 0.204.